The van der Waals surface area contributed by atoms with Crippen LogP contribution < -0.4 is 10.2 Å². The summed E-state index contributed by atoms with van der Waals surface area (Å²) in [5.74, 6) is 0. The van der Waals surface area contributed by atoms with Gasteiger partial charge in [-0.15, -0.1) is 0 Å². The van der Waals surface area contributed by atoms with E-state index in [1.54, 1.807) is 7.05 Å². The second-order valence-electron chi connectivity index (χ2n) is 8.24. The summed E-state index contributed by atoms with van der Waals surface area (Å²) >= 11 is 0. The molecule has 0 aromatic heterocycles. The van der Waals surface area contributed by atoms with Crippen molar-refractivity contribution < 1.29 is 13.2 Å². The van der Waals surface area contributed by atoms with Gasteiger partial charge in [-0.3, -0.25) is 0 Å². The average Bonchev–Trinajstić information content (AvgIpc) is 2.74. The maximum atomic E-state index is 13.3. The van der Waals surface area contributed by atoms with Crippen LogP contribution in [-0.2, 0) is 11.6 Å². The van der Waals surface area contributed by atoms with Gasteiger partial charge in [-0.2, -0.15) is 13.2 Å². The van der Waals surface area contributed by atoms with Crippen molar-refractivity contribution in [1.29, 1.82) is 0 Å². The number of anilines is 2. The Labute approximate surface area is 185 Å². The summed E-state index contributed by atoms with van der Waals surface area (Å²) in [4.78, 5) is 2.31. The van der Waals surface area contributed by atoms with Crippen molar-refractivity contribution in [1.82, 2.24) is 0 Å². The Morgan fingerprint density at radius 2 is 1.68 bits per heavy atom. The van der Waals surface area contributed by atoms with Crippen LogP contribution in [0.2, 0.25) is 0 Å². The fourth-order valence-corrected chi connectivity index (χ4v) is 3.96. The summed E-state index contributed by atoms with van der Waals surface area (Å²) in [6.07, 6.45) is 1.20. The average molecular weight is 433 g/mol. The lowest BCUT2D eigenvalue weighted by Crippen LogP contribution is -2.22. The fourth-order valence-electron chi connectivity index (χ4n) is 3.96. The number of benzene rings is 2. The van der Waals surface area contributed by atoms with Crippen molar-refractivity contribution in [2.75, 3.05) is 30.4 Å². The van der Waals surface area contributed by atoms with E-state index in [4.69, 9.17) is 0 Å². The Balaban J connectivity index is 2.31. The molecule has 0 heterocycles. The molecule has 5 heteroatoms. The van der Waals surface area contributed by atoms with Gasteiger partial charge in [0.25, 0.3) is 0 Å². The minimum absolute atomic E-state index is 0.412. The molecule has 2 aromatic carbocycles. The van der Waals surface area contributed by atoms with Crippen LogP contribution in [-0.4, -0.2) is 20.1 Å². The molecule has 0 radical (unpaired) electrons. The zero-order valence-corrected chi connectivity index (χ0v) is 19.5. The monoisotopic (exact) mass is 432 g/mol. The highest BCUT2D eigenvalue weighted by atomic mass is 19.4. The van der Waals surface area contributed by atoms with Gasteiger partial charge in [0.15, 0.2) is 0 Å². The Bertz CT molecular complexity index is 898. The lowest BCUT2D eigenvalue weighted by molar-refractivity contribution is -0.137. The highest BCUT2D eigenvalue weighted by Crippen LogP contribution is 2.40. The topological polar surface area (TPSA) is 15.3 Å². The third-order valence-electron chi connectivity index (χ3n) is 6.29. The molecule has 1 unspecified atom stereocenters. The molecule has 1 atom stereocenters. The first-order valence-corrected chi connectivity index (χ1v) is 11.0. The van der Waals surface area contributed by atoms with Crippen LogP contribution in [0.1, 0.15) is 62.8 Å². The van der Waals surface area contributed by atoms with Gasteiger partial charge in [0, 0.05) is 31.5 Å². The molecule has 0 bridgehead atoms. The van der Waals surface area contributed by atoms with Crippen LogP contribution in [0.3, 0.4) is 0 Å². The number of alkyl halides is 3. The van der Waals surface area contributed by atoms with E-state index in [-0.39, 0.29) is 0 Å². The molecular weight excluding hydrogens is 397 g/mol. The Hall–Kier alpha value is -2.43. The normalized spacial score (nSPS) is 14.0. The van der Waals surface area contributed by atoms with Gasteiger partial charge >= 0.3 is 6.18 Å². The van der Waals surface area contributed by atoms with Gasteiger partial charge in [0.1, 0.15) is 0 Å². The molecule has 0 saturated carbocycles. The second-order valence-corrected chi connectivity index (χ2v) is 8.24. The van der Waals surface area contributed by atoms with Crippen LogP contribution >= 0.6 is 0 Å². The standard InChI is InChI=1S/C26H35F3N2/c1-7-25(5,23-18-21(26(27,28)29)13-15-24(23)30-6)16-10-11-20-12-14-22(17-19(20)4)31(8-2)9-3/h10-15,17-18,30H,7-9,16H2,1-6H3/b11-10+. The molecule has 0 fully saturated rings. The van der Waals surface area contributed by atoms with Gasteiger partial charge < -0.3 is 10.2 Å². The van der Waals surface area contributed by atoms with E-state index < -0.39 is 17.2 Å². The van der Waals surface area contributed by atoms with E-state index in [9.17, 15) is 13.2 Å². The minimum atomic E-state index is -4.35. The van der Waals surface area contributed by atoms with E-state index in [2.05, 4.69) is 61.3 Å². The number of nitrogens with zero attached hydrogens (tertiary/aromatic N) is 1. The lowest BCUT2D eigenvalue weighted by atomic mass is 9.75. The Morgan fingerprint density at radius 1 is 1.00 bits per heavy atom. The predicted molar refractivity (Wildman–Crippen MR) is 127 cm³/mol. The van der Waals surface area contributed by atoms with Crippen molar-refractivity contribution in [3.05, 3.63) is 64.7 Å². The second kappa shape index (κ2) is 10.3. The predicted octanol–water partition coefficient (Wildman–Crippen LogP) is 7.67. The Morgan fingerprint density at radius 3 is 2.19 bits per heavy atom. The van der Waals surface area contributed by atoms with Crippen molar-refractivity contribution in [2.24, 2.45) is 0 Å². The highest BCUT2D eigenvalue weighted by molar-refractivity contribution is 5.61. The molecule has 2 aromatic rings. The number of rotatable bonds is 9. The van der Waals surface area contributed by atoms with Gasteiger partial charge in [-0.1, -0.05) is 32.1 Å². The summed E-state index contributed by atoms with van der Waals surface area (Å²) in [5.41, 5.74) is 3.95. The number of aryl methyl sites for hydroxylation is 1. The van der Waals surface area contributed by atoms with Gasteiger partial charge in [0.05, 0.1) is 5.56 Å². The minimum Gasteiger partial charge on any atom is -0.388 e. The molecule has 31 heavy (non-hydrogen) atoms. The maximum absolute atomic E-state index is 13.3. The quantitative estimate of drug-likeness (QED) is 0.437. The van der Waals surface area contributed by atoms with Crippen molar-refractivity contribution in [3.63, 3.8) is 0 Å². The number of nitrogens with one attached hydrogen (secondary N) is 1. The van der Waals surface area contributed by atoms with Crippen LogP contribution in [0.15, 0.2) is 42.5 Å². The molecule has 0 spiro atoms. The molecule has 0 amide bonds. The summed E-state index contributed by atoms with van der Waals surface area (Å²) in [5, 5.41) is 3.06. The molecule has 170 valence electrons. The summed E-state index contributed by atoms with van der Waals surface area (Å²) in [6, 6.07) is 10.4. The molecule has 0 aliphatic rings. The Kier molecular flexibility index (Phi) is 8.21. The molecular formula is C26H35F3N2. The first kappa shape index (κ1) is 24.8. The molecule has 0 aliphatic carbocycles. The van der Waals surface area contributed by atoms with Crippen molar-refractivity contribution in [2.45, 2.75) is 59.1 Å². The highest BCUT2D eigenvalue weighted by Gasteiger charge is 2.34. The number of hydrogen-bond donors (Lipinski definition) is 1. The molecule has 2 rings (SSSR count). The summed E-state index contributed by atoms with van der Waals surface area (Å²) < 4.78 is 39.9. The lowest BCUT2D eigenvalue weighted by Gasteiger charge is -2.31. The molecule has 1 N–H and O–H groups in total. The zero-order valence-electron chi connectivity index (χ0n) is 19.5. The first-order valence-electron chi connectivity index (χ1n) is 11.0. The molecule has 2 nitrogen and oxygen atoms in total. The van der Waals surface area contributed by atoms with Crippen LogP contribution in [0.25, 0.3) is 6.08 Å². The van der Waals surface area contributed by atoms with Gasteiger partial charge in [-0.25, -0.2) is 0 Å². The zero-order chi connectivity index (χ0) is 23.2. The number of halogens is 3. The third kappa shape index (κ3) is 5.84. The summed E-state index contributed by atoms with van der Waals surface area (Å²) in [7, 11) is 1.75. The van der Waals surface area contributed by atoms with E-state index >= 15 is 0 Å². The largest absolute Gasteiger partial charge is 0.416 e. The number of allylic oxidation sites excluding steroid dienone is 1. The van der Waals surface area contributed by atoms with E-state index in [1.807, 2.05) is 13.8 Å². The van der Waals surface area contributed by atoms with Crippen LogP contribution in [0.4, 0.5) is 24.5 Å². The van der Waals surface area contributed by atoms with E-state index in [0.29, 0.717) is 12.0 Å². The van der Waals surface area contributed by atoms with Crippen molar-refractivity contribution >= 4 is 17.5 Å². The summed E-state index contributed by atoms with van der Waals surface area (Å²) in [6.45, 7) is 12.4. The smallest absolute Gasteiger partial charge is 0.388 e. The molecule has 0 saturated heterocycles. The maximum Gasteiger partial charge on any atom is 0.416 e. The van der Waals surface area contributed by atoms with Crippen LogP contribution in [0, 0.1) is 6.92 Å². The van der Waals surface area contributed by atoms with E-state index in [0.717, 1.165) is 36.8 Å². The first-order chi connectivity index (χ1) is 14.6. The third-order valence-corrected chi connectivity index (χ3v) is 6.29. The van der Waals surface area contributed by atoms with E-state index in [1.165, 1.54) is 23.4 Å². The molecule has 0 aliphatic heterocycles. The van der Waals surface area contributed by atoms with Crippen molar-refractivity contribution in [3.8, 4) is 0 Å². The number of hydrogen-bond acceptors (Lipinski definition) is 2. The van der Waals surface area contributed by atoms with Crippen LogP contribution in [0.5, 0.6) is 0 Å². The fraction of sp³-hybridized carbons (Fsp3) is 0.462. The SMILES string of the molecule is CCN(CC)c1ccc(/C=C/CC(C)(CC)c2cc(C(F)(F)F)ccc2NC)c(C)c1. The van der Waals surface area contributed by atoms with Gasteiger partial charge in [-0.05, 0) is 86.1 Å². The van der Waals surface area contributed by atoms with Gasteiger partial charge in [0.2, 0.25) is 0 Å².